The Morgan fingerprint density at radius 1 is 1.28 bits per heavy atom. The fourth-order valence-corrected chi connectivity index (χ4v) is 2.51. The zero-order valence-electron chi connectivity index (χ0n) is 11.7. The predicted octanol–water partition coefficient (Wildman–Crippen LogP) is 1.18. The molecule has 1 rings (SSSR count). The number of rotatable bonds is 5. The Bertz CT molecular complexity index is 307. The van der Waals surface area contributed by atoms with Crippen LogP contribution in [0.2, 0.25) is 0 Å². The Labute approximate surface area is 109 Å². The zero-order chi connectivity index (χ0) is 13.9. The van der Waals surface area contributed by atoms with Gasteiger partial charge in [-0.05, 0) is 40.5 Å². The van der Waals surface area contributed by atoms with E-state index >= 15 is 0 Å². The molecular formula is C13H24N2O3. The van der Waals surface area contributed by atoms with Gasteiger partial charge in [-0.2, -0.15) is 0 Å². The van der Waals surface area contributed by atoms with Gasteiger partial charge in [-0.3, -0.25) is 14.5 Å². The lowest BCUT2D eigenvalue weighted by Crippen LogP contribution is -2.48. The lowest BCUT2D eigenvalue weighted by molar-refractivity contribution is -0.146. The van der Waals surface area contributed by atoms with Gasteiger partial charge in [-0.1, -0.05) is 0 Å². The van der Waals surface area contributed by atoms with Crippen molar-refractivity contribution in [2.24, 2.45) is 0 Å². The quantitative estimate of drug-likeness (QED) is 0.802. The third-order valence-corrected chi connectivity index (χ3v) is 3.70. The standard InChI is InChI=1S/C13H24N2O3/c1-9(2)14(8-13(17)18)12(16)7-15-10(3)5-6-11(15)4/h9-11H,5-8H2,1-4H3,(H,17,18). The van der Waals surface area contributed by atoms with Crippen LogP contribution in [-0.4, -0.2) is 58.0 Å². The van der Waals surface area contributed by atoms with Gasteiger partial charge in [0.1, 0.15) is 6.54 Å². The van der Waals surface area contributed by atoms with Gasteiger partial charge in [0.05, 0.1) is 6.54 Å². The highest BCUT2D eigenvalue weighted by Gasteiger charge is 2.31. The molecule has 1 saturated heterocycles. The van der Waals surface area contributed by atoms with Crippen molar-refractivity contribution in [3.63, 3.8) is 0 Å². The van der Waals surface area contributed by atoms with Gasteiger partial charge in [0.15, 0.2) is 0 Å². The van der Waals surface area contributed by atoms with E-state index in [1.165, 1.54) is 4.90 Å². The molecule has 0 aromatic heterocycles. The molecule has 0 aliphatic carbocycles. The van der Waals surface area contributed by atoms with Crippen molar-refractivity contribution in [2.75, 3.05) is 13.1 Å². The highest BCUT2D eigenvalue weighted by Crippen LogP contribution is 2.23. The predicted molar refractivity (Wildman–Crippen MR) is 69.3 cm³/mol. The number of hydrogen-bond acceptors (Lipinski definition) is 3. The molecule has 104 valence electrons. The first-order chi connectivity index (χ1) is 8.32. The fourth-order valence-electron chi connectivity index (χ4n) is 2.51. The Hall–Kier alpha value is -1.10. The Morgan fingerprint density at radius 2 is 1.78 bits per heavy atom. The third-order valence-electron chi connectivity index (χ3n) is 3.70. The van der Waals surface area contributed by atoms with Crippen LogP contribution in [0.5, 0.6) is 0 Å². The second-order valence-electron chi connectivity index (χ2n) is 5.46. The number of hydrogen-bond donors (Lipinski definition) is 1. The first-order valence-corrected chi connectivity index (χ1v) is 6.60. The van der Waals surface area contributed by atoms with Gasteiger partial charge in [0.2, 0.25) is 5.91 Å². The monoisotopic (exact) mass is 256 g/mol. The summed E-state index contributed by atoms with van der Waals surface area (Å²) in [5.41, 5.74) is 0. The van der Waals surface area contributed by atoms with E-state index in [-0.39, 0.29) is 18.5 Å². The molecule has 1 heterocycles. The molecule has 1 aliphatic heterocycles. The van der Waals surface area contributed by atoms with Crippen molar-refractivity contribution in [3.05, 3.63) is 0 Å². The maximum absolute atomic E-state index is 12.2. The maximum Gasteiger partial charge on any atom is 0.323 e. The molecule has 5 nitrogen and oxygen atoms in total. The van der Waals surface area contributed by atoms with Crippen LogP contribution >= 0.6 is 0 Å². The third kappa shape index (κ3) is 3.70. The first kappa shape index (κ1) is 15.0. The van der Waals surface area contributed by atoms with Crippen LogP contribution in [0.15, 0.2) is 0 Å². The summed E-state index contributed by atoms with van der Waals surface area (Å²) in [5, 5.41) is 8.84. The Morgan fingerprint density at radius 3 is 2.17 bits per heavy atom. The van der Waals surface area contributed by atoms with Crippen molar-refractivity contribution in [2.45, 2.75) is 58.7 Å². The average molecular weight is 256 g/mol. The van der Waals surface area contributed by atoms with Crippen molar-refractivity contribution in [1.29, 1.82) is 0 Å². The first-order valence-electron chi connectivity index (χ1n) is 6.60. The largest absolute Gasteiger partial charge is 0.480 e. The molecule has 1 N–H and O–H groups in total. The smallest absolute Gasteiger partial charge is 0.323 e. The van der Waals surface area contributed by atoms with E-state index in [2.05, 4.69) is 18.7 Å². The van der Waals surface area contributed by atoms with Crippen LogP contribution in [0.1, 0.15) is 40.5 Å². The molecular weight excluding hydrogens is 232 g/mol. The van der Waals surface area contributed by atoms with E-state index in [9.17, 15) is 9.59 Å². The fraction of sp³-hybridized carbons (Fsp3) is 0.846. The van der Waals surface area contributed by atoms with E-state index in [0.717, 1.165) is 12.8 Å². The highest BCUT2D eigenvalue weighted by molar-refractivity contribution is 5.83. The lowest BCUT2D eigenvalue weighted by atomic mass is 10.2. The van der Waals surface area contributed by atoms with Crippen LogP contribution in [0.25, 0.3) is 0 Å². The summed E-state index contributed by atoms with van der Waals surface area (Å²) >= 11 is 0. The van der Waals surface area contributed by atoms with Crippen molar-refractivity contribution in [3.8, 4) is 0 Å². The van der Waals surface area contributed by atoms with E-state index in [0.29, 0.717) is 18.6 Å². The molecule has 1 aliphatic rings. The van der Waals surface area contributed by atoms with E-state index in [4.69, 9.17) is 5.11 Å². The summed E-state index contributed by atoms with van der Waals surface area (Å²) in [6.45, 7) is 8.04. The summed E-state index contributed by atoms with van der Waals surface area (Å²) < 4.78 is 0. The second-order valence-corrected chi connectivity index (χ2v) is 5.46. The minimum absolute atomic E-state index is 0.0817. The normalized spacial score (nSPS) is 24.5. The number of carboxylic acids is 1. The number of nitrogens with zero attached hydrogens (tertiary/aromatic N) is 2. The number of carboxylic acid groups (broad SMARTS) is 1. The molecule has 1 amide bonds. The van der Waals surface area contributed by atoms with Gasteiger partial charge in [0.25, 0.3) is 0 Å². The van der Waals surface area contributed by atoms with Crippen LogP contribution < -0.4 is 0 Å². The molecule has 0 saturated carbocycles. The van der Waals surface area contributed by atoms with Gasteiger partial charge < -0.3 is 10.0 Å². The summed E-state index contributed by atoms with van der Waals surface area (Å²) in [7, 11) is 0. The molecule has 18 heavy (non-hydrogen) atoms. The van der Waals surface area contributed by atoms with Crippen LogP contribution in [0, 0.1) is 0 Å². The SMILES string of the molecule is CC(C)N(CC(=O)O)C(=O)CN1C(C)CCC1C. The van der Waals surface area contributed by atoms with Crippen LogP contribution in [-0.2, 0) is 9.59 Å². The molecule has 2 atom stereocenters. The Kier molecular flexibility index (Phi) is 5.14. The maximum atomic E-state index is 12.2. The van der Waals surface area contributed by atoms with Crippen molar-refractivity contribution < 1.29 is 14.7 Å². The molecule has 1 fully saturated rings. The van der Waals surface area contributed by atoms with Crippen molar-refractivity contribution >= 4 is 11.9 Å². The molecule has 5 heteroatoms. The number of amides is 1. The summed E-state index contributed by atoms with van der Waals surface area (Å²) in [6.07, 6.45) is 2.21. The molecule has 0 radical (unpaired) electrons. The number of aliphatic carboxylic acids is 1. The van der Waals surface area contributed by atoms with Gasteiger partial charge in [0, 0.05) is 18.1 Å². The number of likely N-dealkylation sites (tertiary alicyclic amines) is 1. The molecule has 0 bridgehead atoms. The van der Waals surface area contributed by atoms with Crippen LogP contribution in [0.3, 0.4) is 0 Å². The average Bonchev–Trinajstić information content (AvgIpc) is 2.56. The topological polar surface area (TPSA) is 60.9 Å². The Balaban J connectivity index is 2.63. The molecule has 0 aromatic rings. The minimum Gasteiger partial charge on any atom is -0.480 e. The minimum atomic E-state index is -0.959. The van der Waals surface area contributed by atoms with E-state index in [1.54, 1.807) is 0 Å². The molecule has 0 spiro atoms. The number of carbonyl (C=O) groups is 2. The van der Waals surface area contributed by atoms with Crippen molar-refractivity contribution in [1.82, 2.24) is 9.80 Å². The van der Waals surface area contributed by atoms with Gasteiger partial charge in [-0.15, -0.1) is 0 Å². The highest BCUT2D eigenvalue weighted by atomic mass is 16.4. The second kappa shape index (κ2) is 6.18. The summed E-state index contributed by atoms with van der Waals surface area (Å²) in [5.74, 6) is -1.05. The van der Waals surface area contributed by atoms with E-state index < -0.39 is 5.97 Å². The molecule has 0 aromatic carbocycles. The van der Waals surface area contributed by atoms with Crippen LogP contribution in [0.4, 0.5) is 0 Å². The van der Waals surface area contributed by atoms with Gasteiger partial charge >= 0.3 is 5.97 Å². The van der Waals surface area contributed by atoms with Gasteiger partial charge in [-0.25, -0.2) is 0 Å². The lowest BCUT2D eigenvalue weighted by Gasteiger charge is -2.30. The molecule has 2 unspecified atom stereocenters. The summed E-state index contributed by atoms with van der Waals surface area (Å²) in [4.78, 5) is 26.6. The number of carbonyl (C=O) groups excluding carboxylic acids is 1. The van der Waals surface area contributed by atoms with E-state index in [1.807, 2.05) is 13.8 Å². The zero-order valence-corrected chi connectivity index (χ0v) is 11.7. The summed E-state index contributed by atoms with van der Waals surface area (Å²) in [6, 6.07) is 0.729.